The maximum atomic E-state index is 4.26. The number of aromatic nitrogens is 8. The quantitative estimate of drug-likeness (QED) is 0.456. The van der Waals surface area contributed by atoms with Crippen molar-refractivity contribution in [3.05, 3.63) is 110 Å². The molecule has 8 nitrogen and oxygen atoms in total. The van der Waals surface area contributed by atoms with Gasteiger partial charge in [0.15, 0.2) is 0 Å². The van der Waals surface area contributed by atoms with Gasteiger partial charge in [-0.3, -0.25) is 0 Å². The Kier molecular flexibility index (Phi) is 5.74. The first kappa shape index (κ1) is 19.7. The fourth-order valence-electron chi connectivity index (χ4n) is 3.94. The van der Waals surface area contributed by atoms with Gasteiger partial charge < -0.3 is 19.1 Å². The second-order valence-electron chi connectivity index (χ2n) is 7.66. The van der Waals surface area contributed by atoms with E-state index in [-0.39, 0.29) is 23.9 Å². The van der Waals surface area contributed by atoms with Gasteiger partial charge in [-0.1, -0.05) is 36.5 Å². The fraction of sp³-hybridized carbons (Fsp3) is 0.167. The molecule has 4 atom stereocenters. The van der Waals surface area contributed by atoms with Gasteiger partial charge in [-0.25, -0.2) is 19.9 Å². The molecule has 4 aromatic heterocycles. The van der Waals surface area contributed by atoms with Gasteiger partial charge in [0, 0.05) is 36.6 Å². The molecule has 0 spiro atoms. The Labute approximate surface area is 185 Å². The largest absolute Gasteiger partial charge is 0.345 e. The van der Waals surface area contributed by atoms with Crippen molar-refractivity contribution >= 4 is 12.2 Å². The summed E-state index contributed by atoms with van der Waals surface area (Å²) in [5.74, 6) is 0.312. The zero-order valence-corrected chi connectivity index (χ0v) is 17.4. The van der Waals surface area contributed by atoms with E-state index in [2.05, 4.69) is 87.6 Å². The van der Waals surface area contributed by atoms with E-state index < -0.39 is 0 Å². The number of aromatic amines is 2. The molecule has 0 aromatic carbocycles. The lowest BCUT2D eigenvalue weighted by Crippen LogP contribution is -2.21. The second-order valence-corrected chi connectivity index (χ2v) is 7.66. The third-order valence-electron chi connectivity index (χ3n) is 5.63. The average Bonchev–Trinajstić information content (AvgIpc) is 3.61. The van der Waals surface area contributed by atoms with Crippen molar-refractivity contribution in [1.82, 2.24) is 39.0 Å². The van der Waals surface area contributed by atoms with Crippen molar-refractivity contribution in [1.29, 1.82) is 0 Å². The first-order chi connectivity index (χ1) is 15.9. The van der Waals surface area contributed by atoms with E-state index in [9.17, 15) is 0 Å². The van der Waals surface area contributed by atoms with Crippen LogP contribution in [-0.4, -0.2) is 39.0 Å². The summed E-state index contributed by atoms with van der Waals surface area (Å²) in [6.45, 7) is 0. The molecule has 2 N–H and O–H groups in total. The minimum Gasteiger partial charge on any atom is -0.345 e. The molecule has 32 heavy (non-hydrogen) atoms. The molecule has 1 aliphatic rings. The molecule has 4 unspecified atom stereocenters. The highest BCUT2D eigenvalue weighted by atomic mass is 15.1. The number of rotatable bonds is 6. The standard InChI is InChI=1S/C24H24N8/c1(5-21-13-27-15-29-21)19-3-7-23(31-11-9-25-17-31)24(32-12-10-26-18-32)8-4-20(19)2-6-22-14-28-16-30-22/h1-20,23-24H,(H,27,29)(H,28,30)/b5-1+,6-2+,7-3-,8-4-. The third-order valence-corrected chi connectivity index (χ3v) is 5.63. The van der Waals surface area contributed by atoms with Crippen LogP contribution < -0.4 is 0 Å². The molecular weight excluding hydrogens is 400 g/mol. The zero-order valence-electron chi connectivity index (χ0n) is 17.4. The van der Waals surface area contributed by atoms with Crippen LogP contribution in [0.15, 0.2) is 98.9 Å². The van der Waals surface area contributed by atoms with Gasteiger partial charge in [0.1, 0.15) is 0 Å². The van der Waals surface area contributed by atoms with Crippen LogP contribution in [0.5, 0.6) is 0 Å². The maximum absolute atomic E-state index is 4.26. The zero-order chi connectivity index (χ0) is 21.6. The van der Waals surface area contributed by atoms with Crippen LogP contribution >= 0.6 is 0 Å². The topological polar surface area (TPSA) is 93.0 Å². The molecule has 4 heterocycles. The lowest BCUT2D eigenvalue weighted by molar-refractivity contribution is 0.435. The summed E-state index contributed by atoms with van der Waals surface area (Å²) in [5.41, 5.74) is 1.95. The van der Waals surface area contributed by atoms with Crippen LogP contribution in [0.4, 0.5) is 0 Å². The summed E-state index contributed by atoms with van der Waals surface area (Å²) in [4.78, 5) is 23.0. The minimum absolute atomic E-state index is 0.0727. The first-order valence-electron chi connectivity index (χ1n) is 10.5. The van der Waals surface area contributed by atoms with E-state index in [1.807, 2.05) is 49.8 Å². The Morgan fingerprint density at radius 1 is 0.656 bits per heavy atom. The first-order valence-corrected chi connectivity index (χ1v) is 10.5. The fourth-order valence-corrected chi connectivity index (χ4v) is 3.94. The highest BCUT2D eigenvalue weighted by Gasteiger charge is 2.24. The van der Waals surface area contributed by atoms with Crippen molar-refractivity contribution in [2.24, 2.45) is 11.8 Å². The third kappa shape index (κ3) is 4.44. The molecule has 8 heteroatoms. The van der Waals surface area contributed by atoms with E-state index in [0.717, 1.165) is 11.4 Å². The molecule has 0 bridgehead atoms. The summed E-state index contributed by atoms with van der Waals surface area (Å²) in [6.07, 6.45) is 36.0. The Balaban J connectivity index is 1.52. The lowest BCUT2D eigenvalue weighted by atomic mass is 9.86. The van der Waals surface area contributed by atoms with E-state index in [1.54, 1.807) is 12.7 Å². The average molecular weight is 425 g/mol. The molecule has 0 aliphatic heterocycles. The number of allylic oxidation sites excluding steroid dienone is 6. The SMILES string of the molecule is C1=C\C(n2ccnc2)C(n2ccnc2)/C=C\C(/C=C/c2cnc[nH]2)C/1/C=C/c1cnc[nH]1. The lowest BCUT2D eigenvalue weighted by Gasteiger charge is -2.28. The smallest absolute Gasteiger partial charge is 0.0952 e. The molecule has 0 saturated carbocycles. The Hall–Kier alpha value is -4.20. The van der Waals surface area contributed by atoms with E-state index in [0.29, 0.717) is 0 Å². The molecule has 4 aromatic rings. The molecule has 5 rings (SSSR count). The van der Waals surface area contributed by atoms with E-state index in [1.165, 1.54) is 0 Å². The maximum Gasteiger partial charge on any atom is 0.0952 e. The molecule has 0 radical (unpaired) electrons. The summed E-state index contributed by atoms with van der Waals surface area (Å²) < 4.78 is 4.25. The number of nitrogens with zero attached hydrogens (tertiary/aromatic N) is 6. The van der Waals surface area contributed by atoms with E-state index >= 15 is 0 Å². The molecule has 0 amide bonds. The van der Waals surface area contributed by atoms with Gasteiger partial charge in [0.25, 0.3) is 0 Å². The van der Waals surface area contributed by atoms with Gasteiger partial charge in [-0.15, -0.1) is 0 Å². The van der Waals surface area contributed by atoms with Gasteiger partial charge in [-0.05, 0) is 12.2 Å². The molecular formula is C24H24N8. The van der Waals surface area contributed by atoms with Gasteiger partial charge >= 0.3 is 0 Å². The number of nitrogens with one attached hydrogen (secondary N) is 2. The Morgan fingerprint density at radius 3 is 1.53 bits per heavy atom. The van der Waals surface area contributed by atoms with Gasteiger partial charge in [0.05, 0.1) is 61.2 Å². The van der Waals surface area contributed by atoms with Crippen molar-refractivity contribution in [3.8, 4) is 0 Å². The molecule has 1 aliphatic carbocycles. The second kappa shape index (κ2) is 9.30. The Morgan fingerprint density at radius 2 is 1.16 bits per heavy atom. The molecule has 0 saturated heterocycles. The number of H-pyrrole nitrogens is 2. The van der Waals surface area contributed by atoms with Gasteiger partial charge in [0.2, 0.25) is 0 Å². The van der Waals surface area contributed by atoms with Crippen LogP contribution in [0.1, 0.15) is 23.5 Å². The van der Waals surface area contributed by atoms with Crippen LogP contribution in [-0.2, 0) is 0 Å². The van der Waals surface area contributed by atoms with Gasteiger partial charge in [-0.2, -0.15) is 0 Å². The van der Waals surface area contributed by atoms with Crippen molar-refractivity contribution in [3.63, 3.8) is 0 Å². The highest BCUT2D eigenvalue weighted by Crippen LogP contribution is 2.32. The number of imidazole rings is 4. The summed E-state index contributed by atoms with van der Waals surface area (Å²) in [6, 6.07) is 0.145. The monoisotopic (exact) mass is 424 g/mol. The summed E-state index contributed by atoms with van der Waals surface area (Å²) in [5, 5.41) is 0. The van der Waals surface area contributed by atoms with Crippen LogP contribution in [0.2, 0.25) is 0 Å². The van der Waals surface area contributed by atoms with Crippen LogP contribution in [0.3, 0.4) is 0 Å². The van der Waals surface area contributed by atoms with Crippen molar-refractivity contribution in [2.45, 2.75) is 12.1 Å². The van der Waals surface area contributed by atoms with Crippen LogP contribution in [0, 0.1) is 11.8 Å². The Bertz CT molecular complexity index is 1080. The summed E-state index contributed by atoms with van der Waals surface area (Å²) in [7, 11) is 0. The van der Waals surface area contributed by atoms with Crippen LogP contribution in [0.25, 0.3) is 12.2 Å². The number of hydrogen-bond acceptors (Lipinski definition) is 4. The highest BCUT2D eigenvalue weighted by molar-refractivity contribution is 5.47. The van der Waals surface area contributed by atoms with E-state index in [4.69, 9.17) is 0 Å². The minimum atomic E-state index is 0.0727. The molecule has 160 valence electrons. The molecule has 0 fully saturated rings. The van der Waals surface area contributed by atoms with Crippen molar-refractivity contribution < 1.29 is 0 Å². The number of hydrogen-bond donors (Lipinski definition) is 2. The predicted molar refractivity (Wildman–Crippen MR) is 123 cm³/mol. The normalized spacial score (nSPS) is 25.8. The summed E-state index contributed by atoms with van der Waals surface area (Å²) >= 11 is 0. The predicted octanol–water partition coefficient (Wildman–Crippen LogP) is 4.09. The van der Waals surface area contributed by atoms with Crippen molar-refractivity contribution in [2.75, 3.05) is 0 Å².